The van der Waals surface area contributed by atoms with Gasteiger partial charge in [0.25, 0.3) is 5.69 Å². The molecule has 0 bridgehead atoms. The van der Waals surface area contributed by atoms with E-state index in [4.69, 9.17) is 9.47 Å². The van der Waals surface area contributed by atoms with Crippen molar-refractivity contribution in [2.45, 2.75) is 6.61 Å². The second-order valence-electron chi connectivity index (χ2n) is 4.65. The number of nitrogens with one attached hydrogen (secondary N) is 1. The Morgan fingerprint density at radius 1 is 1.23 bits per heavy atom. The van der Waals surface area contributed by atoms with Gasteiger partial charge in [0.1, 0.15) is 12.4 Å². The molecule has 1 N–H and O–H groups in total. The fourth-order valence-electron chi connectivity index (χ4n) is 2.07. The molecule has 0 unspecified atom stereocenters. The molecule has 0 radical (unpaired) electrons. The highest BCUT2D eigenvalue weighted by Crippen LogP contribution is 2.27. The number of nitro groups is 1. The van der Waals surface area contributed by atoms with Gasteiger partial charge in [-0.15, -0.1) is 5.10 Å². The molecule has 1 heterocycles. The van der Waals surface area contributed by atoms with E-state index in [-0.39, 0.29) is 5.69 Å². The van der Waals surface area contributed by atoms with Crippen LogP contribution in [0.15, 0.2) is 42.5 Å². The minimum atomic E-state index is -0.445. The Balaban J connectivity index is 1.80. The van der Waals surface area contributed by atoms with Crippen molar-refractivity contribution in [1.29, 1.82) is 0 Å². The molecular weight excluding hydrogens is 286 g/mol. The van der Waals surface area contributed by atoms with E-state index in [0.29, 0.717) is 23.4 Å². The van der Waals surface area contributed by atoms with E-state index < -0.39 is 4.92 Å². The fourth-order valence-corrected chi connectivity index (χ4v) is 2.07. The third-order valence-corrected chi connectivity index (χ3v) is 3.26. The van der Waals surface area contributed by atoms with Crippen molar-refractivity contribution in [2.75, 3.05) is 7.11 Å². The standard InChI is InChI=1S/C15H13N3O4/c1-21-12-5-2-10(3-6-12)9-22-15-13-8-11(18(19)20)4-7-14(13)16-17-15/h2-8H,9H2,1H3,(H,16,17). The number of fused-ring (bicyclic) bond motifs is 1. The highest BCUT2D eigenvalue weighted by Gasteiger charge is 2.12. The van der Waals surface area contributed by atoms with E-state index in [0.717, 1.165) is 11.3 Å². The first-order chi connectivity index (χ1) is 10.7. The van der Waals surface area contributed by atoms with Crippen molar-refractivity contribution in [2.24, 2.45) is 0 Å². The molecule has 0 saturated heterocycles. The Hall–Kier alpha value is -3.09. The summed E-state index contributed by atoms with van der Waals surface area (Å²) in [7, 11) is 1.61. The lowest BCUT2D eigenvalue weighted by atomic mass is 10.2. The molecule has 0 aliphatic heterocycles. The Morgan fingerprint density at radius 2 is 2.00 bits per heavy atom. The van der Waals surface area contributed by atoms with Crippen LogP contribution in [-0.4, -0.2) is 22.2 Å². The first-order valence-corrected chi connectivity index (χ1v) is 6.55. The summed E-state index contributed by atoms with van der Waals surface area (Å²) in [5.41, 5.74) is 1.64. The van der Waals surface area contributed by atoms with E-state index in [1.54, 1.807) is 13.2 Å². The van der Waals surface area contributed by atoms with Crippen molar-refractivity contribution in [3.63, 3.8) is 0 Å². The Labute approximate surface area is 125 Å². The molecule has 7 heteroatoms. The third-order valence-electron chi connectivity index (χ3n) is 3.26. The zero-order valence-electron chi connectivity index (χ0n) is 11.8. The average Bonchev–Trinajstić information content (AvgIpc) is 2.95. The molecule has 1 aromatic heterocycles. The number of H-pyrrole nitrogens is 1. The molecular formula is C15H13N3O4. The highest BCUT2D eigenvalue weighted by molar-refractivity contribution is 5.86. The molecule has 22 heavy (non-hydrogen) atoms. The van der Waals surface area contributed by atoms with Crippen molar-refractivity contribution in [3.8, 4) is 11.6 Å². The predicted molar refractivity (Wildman–Crippen MR) is 80.1 cm³/mol. The lowest BCUT2D eigenvalue weighted by molar-refractivity contribution is -0.384. The summed E-state index contributed by atoms with van der Waals surface area (Å²) < 4.78 is 10.7. The summed E-state index contributed by atoms with van der Waals surface area (Å²) in [5.74, 6) is 1.11. The number of aromatic nitrogens is 2. The largest absolute Gasteiger partial charge is 0.497 e. The summed E-state index contributed by atoms with van der Waals surface area (Å²) in [6, 6.07) is 11.9. The number of nitrogens with zero attached hydrogens (tertiary/aromatic N) is 2. The van der Waals surface area contributed by atoms with Gasteiger partial charge in [-0.3, -0.25) is 15.2 Å². The van der Waals surface area contributed by atoms with Crippen LogP contribution in [0.1, 0.15) is 5.56 Å². The van der Waals surface area contributed by atoms with Crippen LogP contribution in [0, 0.1) is 10.1 Å². The van der Waals surface area contributed by atoms with E-state index in [2.05, 4.69) is 10.2 Å². The number of methoxy groups -OCH3 is 1. The molecule has 112 valence electrons. The van der Waals surface area contributed by atoms with Gasteiger partial charge in [0.05, 0.1) is 22.9 Å². The molecule has 0 amide bonds. The van der Waals surface area contributed by atoms with Gasteiger partial charge in [0.2, 0.25) is 5.88 Å². The number of rotatable bonds is 5. The van der Waals surface area contributed by atoms with Crippen LogP contribution in [0.4, 0.5) is 5.69 Å². The van der Waals surface area contributed by atoms with Crippen molar-refractivity contribution in [3.05, 3.63) is 58.1 Å². The maximum Gasteiger partial charge on any atom is 0.270 e. The maximum absolute atomic E-state index is 10.8. The van der Waals surface area contributed by atoms with Gasteiger partial charge in [0, 0.05) is 12.1 Å². The molecule has 0 fully saturated rings. The number of nitro benzene ring substituents is 1. The van der Waals surface area contributed by atoms with Crippen LogP contribution in [-0.2, 0) is 6.61 Å². The minimum absolute atomic E-state index is 0.00296. The third kappa shape index (κ3) is 2.69. The van der Waals surface area contributed by atoms with Crippen LogP contribution < -0.4 is 9.47 Å². The number of aromatic amines is 1. The molecule has 0 saturated carbocycles. The van der Waals surface area contributed by atoms with Crippen LogP contribution >= 0.6 is 0 Å². The van der Waals surface area contributed by atoms with Crippen molar-refractivity contribution < 1.29 is 14.4 Å². The topological polar surface area (TPSA) is 90.3 Å². The SMILES string of the molecule is COc1ccc(COc2n[nH]c3ccc([N+](=O)[O-])cc23)cc1. The number of ether oxygens (including phenoxy) is 2. The zero-order chi connectivity index (χ0) is 15.5. The van der Waals surface area contributed by atoms with Gasteiger partial charge in [-0.05, 0) is 23.8 Å². The predicted octanol–water partition coefficient (Wildman–Crippen LogP) is 3.06. The quantitative estimate of drug-likeness (QED) is 0.577. The van der Waals surface area contributed by atoms with E-state index in [9.17, 15) is 10.1 Å². The maximum atomic E-state index is 10.8. The Bertz CT molecular complexity index is 811. The Kier molecular flexibility index (Phi) is 3.61. The average molecular weight is 299 g/mol. The van der Waals surface area contributed by atoms with E-state index in [1.807, 2.05) is 24.3 Å². The summed E-state index contributed by atoms with van der Waals surface area (Å²) >= 11 is 0. The van der Waals surface area contributed by atoms with Crippen LogP contribution in [0.3, 0.4) is 0 Å². The van der Waals surface area contributed by atoms with Gasteiger partial charge < -0.3 is 9.47 Å². The van der Waals surface area contributed by atoms with Crippen LogP contribution in [0.2, 0.25) is 0 Å². The molecule has 3 rings (SSSR count). The molecule has 2 aromatic carbocycles. The zero-order valence-corrected chi connectivity index (χ0v) is 11.8. The molecule has 0 aliphatic carbocycles. The smallest absolute Gasteiger partial charge is 0.270 e. The van der Waals surface area contributed by atoms with Gasteiger partial charge in [-0.2, -0.15) is 0 Å². The fraction of sp³-hybridized carbons (Fsp3) is 0.133. The number of benzene rings is 2. The van der Waals surface area contributed by atoms with Gasteiger partial charge in [-0.1, -0.05) is 12.1 Å². The van der Waals surface area contributed by atoms with Crippen LogP contribution in [0.5, 0.6) is 11.6 Å². The van der Waals surface area contributed by atoms with Gasteiger partial charge >= 0.3 is 0 Å². The molecule has 3 aromatic rings. The normalized spacial score (nSPS) is 10.6. The van der Waals surface area contributed by atoms with E-state index >= 15 is 0 Å². The molecule has 7 nitrogen and oxygen atoms in total. The molecule has 0 aliphatic rings. The first-order valence-electron chi connectivity index (χ1n) is 6.55. The van der Waals surface area contributed by atoms with Gasteiger partial charge in [0.15, 0.2) is 0 Å². The lowest BCUT2D eigenvalue weighted by Gasteiger charge is -2.05. The number of non-ortho nitro benzene ring substituents is 1. The van der Waals surface area contributed by atoms with Crippen LogP contribution in [0.25, 0.3) is 10.9 Å². The molecule has 0 atom stereocenters. The second-order valence-corrected chi connectivity index (χ2v) is 4.65. The number of hydrogen-bond acceptors (Lipinski definition) is 5. The minimum Gasteiger partial charge on any atom is -0.497 e. The summed E-state index contributed by atoms with van der Waals surface area (Å²) in [6.07, 6.45) is 0. The van der Waals surface area contributed by atoms with Gasteiger partial charge in [-0.25, -0.2) is 0 Å². The lowest BCUT2D eigenvalue weighted by Crippen LogP contribution is -1.96. The summed E-state index contributed by atoms with van der Waals surface area (Å²) in [6.45, 7) is 0.312. The monoisotopic (exact) mass is 299 g/mol. The molecule has 0 spiro atoms. The van der Waals surface area contributed by atoms with Crippen molar-refractivity contribution in [1.82, 2.24) is 10.2 Å². The highest BCUT2D eigenvalue weighted by atomic mass is 16.6. The summed E-state index contributed by atoms with van der Waals surface area (Å²) in [5, 5.41) is 18.3. The van der Waals surface area contributed by atoms with Crippen molar-refractivity contribution >= 4 is 16.6 Å². The van der Waals surface area contributed by atoms with E-state index in [1.165, 1.54) is 12.1 Å². The Morgan fingerprint density at radius 3 is 2.68 bits per heavy atom. The first kappa shape index (κ1) is 13.9. The summed E-state index contributed by atoms with van der Waals surface area (Å²) in [4.78, 5) is 10.4. The number of hydrogen-bond donors (Lipinski definition) is 1. The second kappa shape index (κ2) is 5.72.